The SMILES string of the molecule is C=CCN(CC1CCCCC1)C(=O)c1cnc(C(=O)O)cn1. The predicted molar refractivity (Wildman–Crippen MR) is 81.7 cm³/mol. The maximum atomic E-state index is 12.5. The minimum absolute atomic E-state index is 0.167. The van der Waals surface area contributed by atoms with Crippen molar-refractivity contribution in [1.82, 2.24) is 14.9 Å². The maximum Gasteiger partial charge on any atom is 0.356 e. The maximum absolute atomic E-state index is 12.5. The van der Waals surface area contributed by atoms with Crippen LogP contribution < -0.4 is 0 Å². The fourth-order valence-electron chi connectivity index (χ4n) is 2.79. The fourth-order valence-corrected chi connectivity index (χ4v) is 2.79. The molecule has 118 valence electrons. The van der Waals surface area contributed by atoms with Crippen LogP contribution in [-0.2, 0) is 0 Å². The van der Waals surface area contributed by atoms with Crippen LogP contribution in [0, 0.1) is 5.92 Å². The molecule has 1 N–H and O–H groups in total. The lowest BCUT2D eigenvalue weighted by atomic mass is 9.89. The Balaban J connectivity index is 2.07. The van der Waals surface area contributed by atoms with Crippen molar-refractivity contribution in [3.63, 3.8) is 0 Å². The van der Waals surface area contributed by atoms with Crippen molar-refractivity contribution in [2.75, 3.05) is 13.1 Å². The number of aromatic nitrogens is 2. The van der Waals surface area contributed by atoms with Crippen LogP contribution in [0.25, 0.3) is 0 Å². The summed E-state index contributed by atoms with van der Waals surface area (Å²) in [6, 6.07) is 0. The van der Waals surface area contributed by atoms with Gasteiger partial charge < -0.3 is 10.0 Å². The zero-order valence-corrected chi connectivity index (χ0v) is 12.6. The molecule has 0 aromatic carbocycles. The Morgan fingerprint density at radius 1 is 1.23 bits per heavy atom. The molecule has 0 unspecified atom stereocenters. The van der Waals surface area contributed by atoms with Crippen LogP contribution in [0.3, 0.4) is 0 Å². The summed E-state index contributed by atoms with van der Waals surface area (Å²) in [7, 11) is 0. The summed E-state index contributed by atoms with van der Waals surface area (Å²) in [6.45, 7) is 4.84. The standard InChI is InChI=1S/C16H21N3O3/c1-2-8-19(11-12-6-4-3-5-7-12)15(20)13-9-18-14(10-17-13)16(21)22/h2,9-10,12H,1,3-8,11H2,(H,21,22). The van der Waals surface area contributed by atoms with Crippen molar-refractivity contribution in [2.45, 2.75) is 32.1 Å². The van der Waals surface area contributed by atoms with Crippen molar-refractivity contribution >= 4 is 11.9 Å². The highest BCUT2D eigenvalue weighted by molar-refractivity contribution is 5.92. The Hall–Kier alpha value is -2.24. The number of amides is 1. The summed E-state index contributed by atoms with van der Waals surface area (Å²) in [5.74, 6) is -0.865. The molecule has 0 saturated heterocycles. The average molecular weight is 303 g/mol. The molecule has 1 amide bonds. The molecule has 6 nitrogen and oxygen atoms in total. The third kappa shape index (κ3) is 4.13. The molecule has 1 aliphatic rings. The Kier molecular flexibility index (Phi) is 5.63. The van der Waals surface area contributed by atoms with Crippen LogP contribution in [-0.4, -0.2) is 44.9 Å². The molecule has 0 bridgehead atoms. The van der Waals surface area contributed by atoms with Crippen LogP contribution in [0.1, 0.15) is 53.1 Å². The number of nitrogens with zero attached hydrogens (tertiary/aromatic N) is 3. The van der Waals surface area contributed by atoms with E-state index in [9.17, 15) is 9.59 Å². The van der Waals surface area contributed by atoms with Gasteiger partial charge in [-0.15, -0.1) is 6.58 Å². The first-order valence-electron chi connectivity index (χ1n) is 7.57. The van der Waals surface area contributed by atoms with Gasteiger partial charge in [-0.3, -0.25) is 4.79 Å². The van der Waals surface area contributed by atoms with Gasteiger partial charge in [-0.2, -0.15) is 0 Å². The van der Waals surface area contributed by atoms with Gasteiger partial charge in [0.1, 0.15) is 5.69 Å². The lowest BCUT2D eigenvalue weighted by Crippen LogP contribution is -2.36. The molecule has 0 radical (unpaired) electrons. The summed E-state index contributed by atoms with van der Waals surface area (Å²) in [4.78, 5) is 32.7. The number of carbonyl (C=O) groups is 2. The summed E-state index contributed by atoms with van der Waals surface area (Å²) < 4.78 is 0. The van der Waals surface area contributed by atoms with E-state index in [1.165, 1.54) is 25.5 Å². The summed E-state index contributed by atoms with van der Waals surface area (Å²) in [5.41, 5.74) is 0.00163. The van der Waals surface area contributed by atoms with Gasteiger partial charge in [0.25, 0.3) is 5.91 Å². The van der Waals surface area contributed by atoms with Gasteiger partial charge in [0.2, 0.25) is 0 Å². The van der Waals surface area contributed by atoms with E-state index in [0.717, 1.165) is 19.0 Å². The third-order valence-electron chi connectivity index (χ3n) is 3.93. The Labute approximate surface area is 129 Å². The minimum atomic E-state index is -1.16. The number of carbonyl (C=O) groups excluding carboxylic acids is 1. The topological polar surface area (TPSA) is 83.4 Å². The van der Waals surface area contributed by atoms with Crippen LogP contribution >= 0.6 is 0 Å². The normalized spacial score (nSPS) is 15.3. The Morgan fingerprint density at radius 2 is 1.86 bits per heavy atom. The second-order valence-electron chi connectivity index (χ2n) is 5.59. The van der Waals surface area contributed by atoms with Gasteiger partial charge in [0, 0.05) is 13.1 Å². The summed E-state index contributed by atoms with van der Waals surface area (Å²) in [5, 5.41) is 8.81. The molecule has 1 fully saturated rings. The van der Waals surface area contributed by atoms with Crippen molar-refractivity contribution in [1.29, 1.82) is 0 Å². The van der Waals surface area contributed by atoms with E-state index < -0.39 is 5.97 Å². The number of carboxylic acids is 1. The lowest BCUT2D eigenvalue weighted by Gasteiger charge is -2.28. The van der Waals surface area contributed by atoms with Crippen molar-refractivity contribution in [2.24, 2.45) is 5.92 Å². The average Bonchev–Trinajstić information content (AvgIpc) is 2.55. The van der Waals surface area contributed by atoms with E-state index >= 15 is 0 Å². The van der Waals surface area contributed by atoms with Gasteiger partial charge >= 0.3 is 5.97 Å². The van der Waals surface area contributed by atoms with E-state index in [2.05, 4.69) is 16.5 Å². The monoisotopic (exact) mass is 303 g/mol. The fraction of sp³-hybridized carbons (Fsp3) is 0.500. The molecule has 0 spiro atoms. The second kappa shape index (κ2) is 7.68. The number of aromatic carboxylic acids is 1. The lowest BCUT2D eigenvalue weighted by molar-refractivity contribution is 0.0684. The minimum Gasteiger partial charge on any atom is -0.476 e. The highest BCUT2D eigenvalue weighted by Crippen LogP contribution is 2.24. The van der Waals surface area contributed by atoms with Crippen LogP contribution in [0.4, 0.5) is 0 Å². The zero-order chi connectivity index (χ0) is 15.9. The molecule has 22 heavy (non-hydrogen) atoms. The zero-order valence-electron chi connectivity index (χ0n) is 12.6. The highest BCUT2D eigenvalue weighted by Gasteiger charge is 2.22. The Bertz CT molecular complexity index is 536. The largest absolute Gasteiger partial charge is 0.476 e. The first kappa shape index (κ1) is 16.1. The van der Waals surface area contributed by atoms with Gasteiger partial charge in [-0.1, -0.05) is 25.3 Å². The number of carboxylic acid groups (broad SMARTS) is 1. The molecular formula is C16H21N3O3. The molecule has 1 aromatic rings. The molecule has 0 aliphatic heterocycles. The molecule has 2 rings (SSSR count). The van der Waals surface area contributed by atoms with Gasteiger partial charge in [-0.25, -0.2) is 14.8 Å². The molecular weight excluding hydrogens is 282 g/mol. The molecule has 1 heterocycles. The van der Waals surface area contributed by atoms with Crippen molar-refractivity contribution in [3.8, 4) is 0 Å². The smallest absolute Gasteiger partial charge is 0.356 e. The van der Waals surface area contributed by atoms with Crippen LogP contribution in [0.5, 0.6) is 0 Å². The number of hydrogen-bond donors (Lipinski definition) is 1. The summed E-state index contributed by atoms with van der Waals surface area (Å²) in [6.07, 6.45) is 10.0. The van der Waals surface area contributed by atoms with Crippen molar-refractivity contribution < 1.29 is 14.7 Å². The van der Waals surface area contributed by atoms with Crippen LogP contribution in [0.2, 0.25) is 0 Å². The molecule has 1 aliphatic carbocycles. The Morgan fingerprint density at radius 3 is 2.41 bits per heavy atom. The third-order valence-corrected chi connectivity index (χ3v) is 3.93. The van der Waals surface area contributed by atoms with Gasteiger partial charge in [0.05, 0.1) is 12.4 Å². The second-order valence-corrected chi connectivity index (χ2v) is 5.59. The summed E-state index contributed by atoms with van der Waals surface area (Å²) >= 11 is 0. The van der Waals surface area contributed by atoms with Gasteiger partial charge in [0.15, 0.2) is 5.69 Å². The highest BCUT2D eigenvalue weighted by atomic mass is 16.4. The van der Waals surface area contributed by atoms with Crippen molar-refractivity contribution in [3.05, 3.63) is 36.4 Å². The molecule has 1 saturated carbocycles. The molecule has 6 heteroatoms. The van der Waals surface area contributed by atoms with E-state index in [0.29, 0.717) is 19.0 Å². The van der Waals surface area contributed by atoms with E-state index in [-0.39, 0.29) is 17.3 Å². The van der Waals surface area contributed by atoms with E-state index in [1.54, 1.807) is 11.0 Å². The predicted octanol–water partition coefficient (Wildman–Crippen LogP) is 2.38. The quantitative estimate of drug-likeness (QED) is 0.816. The first-order chi connectivity index (χ1) is 10.6. The molecule has 0 atom stereocenters. The number of rotatable bonds is 6. The van der Waals surface area contributed by atoms with E-state index in [4.69, 9.17) is 5.11 Å². The molecule has 1 aromatic heterocycles. The van der Waals surface area contributed by atoms with Gasteiger partial charge in [-0.05, 0) is 18.8 Å². The first-order valence-corrected chi connectivity index (χ1v) is 7.57. The van der Waals surface area contributed by atoms with E-state index in [1.807, 2.05) is 0 Å². The number of hydrogen-bond acceptors (Lipinski definition) is 4. The van der Waals surface area contributed by atoms with Crippen LogP contribution in [0.15, 0.2) is 25.0 Å².